The van der Waals surface area contributed by atoms with Crippen LogP contribution in [-0.4, -0.2) is 80.7 Å². The molecule has 1 aliphatic heterocycles. The summed E-state index contributed by atoms with van der Waals surface area (Å²) in [6.07, 6.45) is 2.80. The Balaban J connectivity index is 2.58. The highest BCUT2D eigenvalue weighted by molar-refractivity contribution is 5.81. The van der Waals surface area contributed by atoms with E-state index in [1.807, 2.05) is 0 Å². The van der Waals surface area contributed by atoms with Crippen molar-refractivity contribution in [2.75, 3.05) is 26.4 Å². The third-order valence-corrected chi connectivity index (χ3v) is 5.67. The van der Waals surface area contributed by atoms with Crippen molar-refractivity contribution in [3.8, 4) is 0 Å². The average molecular weight is 597 g/mol. The summed E-state index contributed by atoms with van der Waals surface area (Å²) in [5.74, 6) is -3.34. The number of rotatable bonds is 21. The van der Waals surface area contributed by atoms with E-state index in [9.17, 15) is 28.8 Å². The predicted octanol–water partition coefficient (Wildman–Crippen LogP) is 2.80. The van der Waals surface area contributed by atoms with Gasteiger partial charge in [-0.2, -0.15) is 0 Å². The lowest BCUT2D eigenvalue weighted by molar-refractivity contribution is -0.230. The van der Waals surface area contributed by atoms with Crippen LogP contribution in [0.3, 0.4) is 0 Å². The molecule has 1 rings (SSSR count). The van der Waals surface area contributed by atoms with Crippen LogP contribution < -0.4 is 0 Å². The number of ether oxygens (including phenoxy) is 7. The highest BCUT2D eigenvalue weighted by Gasteiger charge is 2.38. The minimum Gasteiger partial charge on any atom is -0.463 e. The van der Waals surface area contributed by atoms with Crippen molar-refractivity contribution in [1.29, 1.82) is 0 Å². The molecular weight excluding hydrogens is 556 g/mol. The van der Waals surface area contributed by atoms with Gasteiger partial charge in [0.25, 0.3) is 0 Å². The molecule has 0 aromatic carbocycles. The van der Waals surface area contributed by atoms with Crippen LogP contribution in [0.1, 0.15) is 64.2 Å². The van der Waals surface area contributed by atoms with Gasteiger partial charge in [-0.1, -0.05) is 19.7 Å². The van der Waals surface area contributed by atoms with Gasteiger partial charge in [0.2, 0.25) is 6.29 Å². The zero-order valence-corrected chi connectivity index (χ0v) is 23.8. The summed E-state index contributed by atoms with van der Waals surface area (Å²) < 4.78 is 36.5. The van der Waals surface area contributed by atoms with Gasteiger partial charge in [0.1, 0.15) is 6.10 Å². The summed E-state index contributed by atoms with van der Waals surface area (Å²) >= 11 is 0. The third kappa shape index (κ3) is 17.0. The summed E-state index contributed by atoms with van der Waals surface area (Å²) in [5.41, 5.74) is 0. The van der Waals surface area contributed by atoms with E-state index in [0.717, 1.165) is 18.2 Å². The molecule has 1 heterocycles. The molecule has 1 unspecified atom stereocenters. The van der Waals surface area contributed by atoms with Crippen LogP contribution in [0.25, 0.3) is 0 Å². The Hall–Kier alpha value is -4.00. The highest BCUT2D eigenvalue weighted by atomic mass is 16.7. The Morgan fingerprint density at radius 3 is 1.36 bits per heavy atom. The van der Waals surface area contributed by atoms with Crippen molar-refractivity contribution in [3.05, 3.63) is 38.0 Å². The van der Waals surface area contributed by atoms with Crippen LogP contribution in [0.5, 0.6) is 0 Å². The first-order valence-electron chi connectivity index (χ1n) is 13.8. The van der Waals surface area contributed by atoms with E-state index >= 15 is 0 Å². The summed E-state index contributed by atoms with van der Waals surface area (Å²) in [4.78, 5) is 70.4. The quantitative estimate of drug-likeness (QED) is 0.0822. The van der Waals surface area contributed by atoms with Crippen molar-refractivity contribution in [3.63, 3.8) is 0 Å². The molecule has 0 aromatic rings. The van der Waals surface area contributed by atoms with Crippen molar-refractivity contribution >= 4 is 35.8 Å². The van der Waals surface area contributed by atoms with Crippen LogP contribution in [-0.2, 0) is 61.9 Å². The van der Waals surface area contributed by atoms with Crippen LogP contribution in [0.15, 0.2) is 38.0 Å². The maximum atomic E-state index is 12.5. The van der Waals surface area contributed by atoms with Gasteiger partial charge >= 0.3 is 35.8 Å². The molecule has 13 heteroatoms. The first kappa shape index (κ1) is 36.0. The predicted molar refractivity (Wildman–Crippen MR) is 145 cm³/mol. The average Bonchev–Trinajstić information content (AvgIpc) is 2.97. The Morgan fingerprint density at radius 1 is 0.571 bits per heavy atom. The van der Waals surface area contributed by atoms with E-state index in [2.05, 4.69) is 19.7 Å². The summed E-state index contributed by atoms with van der Waals surface area (Å²) in [6, 6.07) is 0. The topological polar surface area (TPSA) is 167 Å². The molecule has 3 atom stereocenters. The van der Waals surface area contributed by atoms with Gasteiger partial charge in [-0.15, -0.1) is 0 Å². The van der Waals surface area contributed by atoms with Gasteiger partial charge in [-0.05, 0) is 38.5 Å². The zero-order chi connectivity index (χ0) is 31.2. The smallest absolute Gasteiger partial charge is 0.330 e. The number of carbonyl (C=O) groups excluding carboxylic acids is 6. The van der Waals surface area contributed by atoms with Gasteiger partial charge < -0.3 is 33.2 Å². The monoisotopic (exact) mass is 596 g/mol. The molecule has 1 fully saturated rings. The molecular formula is C29H40O13. The second-order valence-corrected chi connectivity index (χ2v) is 9.03. The standard InChI is InChI=1S/C29H40O13/c1-4-23(30)36-16-10-7-13-26(33)40-21-19-29(42-28(35)15-9-12-18-38-25(32)6-3)39-20-22(21)41-27(34)14-8-11-17-37-24(31)5-2/h4-6,21-22,29H,1-3,7-20H2/t21-,22+,29?/m0/s1. The fourth-order valence-electron chi connectivity index (χ4n) is 3.51. The van der Waals surface area contributed by atoms with Crippen molar-refractivity contribution < 1.29 is 61.9 Å². The molecule has 0 aromatic heterocycles. The van der Waals surface area contributed by atoms with E-state index in [4.69, 9.17) is 33.2 Å². The minimum atomic E-state index is -1.03. The molecule has 0 amide bonds. The number of hydrogen-bond donors (Lipinski definition) is 0. The molecule has 1 aliphatic rings. The molecule has 42 heavy (non-hydrogen) atoms. The number of esters is 6. The lowest BCUT2D eigenvalue weighted by atomic mass is 10.1. The second kappa shape index (κ2) is 21.7. The Kier molecular flexibility index (Phi) is 18.6. The first-order chi connectivity index (χ1) is 20.2. The fourth-order valence-corrected chi connectivity index (χ4v) is 3.51. The van der Waals surface area contributed by atoms with Crippen LogP contribution in [0, 0.1) is 0 Å². The number of carbonyl (C=O) groups is 6. The summed E-state index contributed by atoms with van der Waals surface area (Å²) in [7, 11) is 0. The number of unbranched alkanes of at least 4 members (excludes halogenated alkanes) is 3. The molecule has 0 radical (unpaired) electrons. The number of hydrogen-bond acceptors (Lipinski definition) is 13. The van der Waals surface area contributed by atoms with Crippen LogP contribution in [0.4, 0.5) is 0 Å². The lowest BCUT2D eigenvalue weighted by Crippen LogP contribution is -2.47. The first-order valence-corrected chi connectivity index (χ1v) is 13.8. The summed E-state index contributed by atoms with van der Waals surface area (Å²) in [6.45, 7) is 10.1. The Morgan fingerprint density at radius 2 is 0.952 bits per heavy atom. The Labute approximate surface area is 245 Å². The van der Waals surface area contributed by atoms with Crippen molar-refractivity contribution in [2.45, 2.75) is 82.7 Å². The van der Waals surface area contributed by atoms with E-state index in [1.165, 1.54) is 0 Å². The van der Waals surface area contributed by atoms with Crippen LogP contribution in [0.2, 0.25) is 0 Å². The third-order valence-electron chi connectivity index (χ3n) is 5.67. The van der Waals surface area contributed by atoms with E-state index in [1.54, 1.807) is 0 Å². The molecule has 0 N–H and O–H groups in total. The molecule has 13 nitrogen and oxygen atoms in total. The Bertz CT molecular complexity index is 942. The second-order valence-electron chi connectivity index (χ2n) is 9.03. The fraction of sp³-hybridized carbons (Fsp3) is 0.586. The van der Waals surface area contributed by atoms with E-state index < -0.39 is 54.3 Å². The van der Waals surface area contributed by atoms with Gasteiger partial charge in [0.05, 0.1) is 32.8 Å². The largest absolute Gasteiger partial charge is 0.463 e. The normalized spacial score (nSPS) is 17.6. The molecule has 1 saturated heterocycles. The van der Waals surface area contributed by atoms with E-state index in [0.29, 0.717) is 38.5 Å². The van der Waals surface area contributed by atoms with Gasteiger partial charge in [0.15, 0.2) is 6.10 Å². The zero-order valence-electron chi connectivity index (χ0n) is 23.8. The summed E-state index contributed by atoms with van der Waals surface area (Å²) in [5, 5.41) is 0. The highest BCUT2D eigenvalue weighted by Crippen LogP contribution is 2.23. The molecule has 0 aliphatic carbocycles. The molecule has 0 spiro atoms. The van der Waals surface area contributed by atoms with Gasteiger partial charge in [0, 0.05) is 37.5 Å². The lowest BCUT2D eigenvalue weighted by Gasteiger charge is -2.34. The van der Waals surface area contributed by atoms with Crippen LogP contribution >= 0.6 is 0 Å². The van der Waals surface area contributed by atoms with E-state index in [-0.39, 0.29) is 52.1 Å². The maximum Gasteiger partial charge on any atom is 0.330 e. The molecule has 0 bridgehead atoms. The van der Waals surface area contributed by atoms with Gasteiger partial charge in [-0.25, -0.2) is 14.4 Å². The van der Waals surface area contributed by atoms with Gasteiger partial charge in [-0.3, -0.25) is 14.4 Å². The maximum absolute atomic E-state index is 12.5. The SMILES string of the molecule is C=CC(=O)OCCCCC(=O)OC1C[C@H](OC(=O)CCCCOC(=O)C=C)[C@H](OC(=O)CCCCOC(=O)C=C)CO1. The van der Waals surface area contributed by atoms with Crippen molar-refractivity contribution in [2.24, 2.45) is 0 Å². The molecule has 0 saturated carbocycles. The van der Waals surface area contributed by atoms with Crippen molar-refractivity contribution in [1.82, 2.24) is 0 Å². The molecule has 234 valence electrons. The minimum absolute atomic E-state index is 0.0218.